The van der Waals surface area contributed by atoms with E-state index in [0.717, 1.165) is 25.8 Å². The number of hydrogen-bond acceptors (Lipinski definition) is 3. The predicted molar refractivity (Wildman–Crippen MR) is 125 cm³/mol. The van der Waals surface area contributed by atoms with Crippen molar-refractivity contribution in [1.82, 2.24) is 4.98 Å². The summed E-state index contributed by atoms with van der Waals surface area (Å²) in [5.74, 6) is -0.215. The maximum Gasteiger partial charge on any atom is 0.261 e. The monoisotopic (exact) mass is 504 g/mol. The van der Waals surface area contributed by atoms with Crippen LogP contribution in [0, 0.1) is 6.92 Å². The van der Waals surface area contributed by atoms with Crippen LogP contribution in [0.5, 0.6) is 0 Å². The Kier molecular flexibility index (Phi) is 5.93. The van der Waals surface area contributed by atoms with Gasteiger partial charge in [0.15, 0.2) is 5.13 Å². The standard InChI is InChI=1S/C22H15BrCl2N2OS/c1-13-7-9-18(25)20-19(13)26-22(29-20)27(12-14-5-3-2-4-6-14)21(28)16-11-15(23)8-10-17(16)24/h2-11H,12H2,1H3. The molecule has 29 heavy (non-hydrogen) atoms. The number of rotatable bonds is 4. The van der Waals surface area contributed by atoms with Crippen molar-refractivity contribution in [3.8, 4) is 0 Å². The third-order valence-corrected chi connectivity index (χ3v) is 6.87. The summed E-state index contributed by atoms with van der Waals surface area (Å²) >= 11 is 17.6. The van der Waals surface area contributed by atoms with Crippen molar-refractivity contribution in [2.75, 3.05) is 4.90 Å². The number of fused-ring (bicyclic) bond motifs is 1. The van der Waals surface area contributed by atoms with Crippen LogP contribution >= 0.6 is 50.5 Å². The number of hydrogen-bond donors (Lipinski definition) is 0. The predicted octanol–water partition coefficient (Wildman–Crippen LogP) is 7.52. The molecule has 0 saturated heterocycles. The Morgan fingerprint density at radius 2 is 1.79 bits per heavy atom. The molecule has 0 bridgehead atoms. The van der Waals surface area contributed by atoms with E-state index in [0.29, 0.717) is 27.3 Å². The molecule has 0 saturated carbocycles. The summed E-state index contributed by atoms with van der Waals surface area (Å²) in [5, 5.41) is 1.61. The number of aryl methyl sites for hydroxylation is 1. The van der Waals surface area contributed by atoms with E-state index in [1.54, 1.807) is 17.0 Å². The maximum atomic E-state index is 13.5. The fraction of sp³-hybridized carbons (Fsp3) is 0.0909. The van der Waals surface area contributed by atoms with Crippen molar-refractivity contribution >= 4 is 71.7 Å². The average Bonchev–Trinajstić information content (AvgIpc) is 3.18. The molecule has 1 aromatic heterocycles. The maximum absolute atomic E-state index is 13.5. The molecule has 0 spiro atoms. The highest BCUT2D eigenvalue weighted by Crippen LogP contribution is 2.37. The summed E-state index contributed by atoms with van der Waals surface area (Å²) in [6, 6.07) is 18.8. The van der Waals surface area contributed by atoms with Crippen LogP contribution < -0.4 is 4.90 Å². The van der Waals surface area contributed by atoms with Gasteiger partial charge in [-0.25, -0.2) is 4.98 Å². The Labute approximate surface area is 191 Å². The first-order chi connectivity index (χ1) is 13.9. The molecule has 4 rings (SSSR count). The molecule has 1 heterocycles. The van der Waals surface area contributed by atoms with Crippen molar-refractivity contribution in [1.29, 1.82) is 0 Å². The summed E-state index contributed by atoms with van der Waals surface area (Å²) < 4.78 is 1.65. The molecule has 146 valence electrons. The Morgan fingerprint density at radius 1 is 1.07 bits per heavy atom. The molecule has 3 aromatic carbocycles. The van der Waals surface area contributed by atoms with Crippen molar-refractivity contribution in [2.24, 2.45) is 0 Å². The molecular formula is C22H15BrCl2N2OS. The van der Waals surface area contributed by atoms with Crippen LogP contribution in [0.25, 0.3) is 10.2 Å². The van der Waals surface area contributed by atoms with Crippen LogP contribution in [0.15, 0.2) is 65.1 Å². The highest BCUT2D eigenvalue weighted by molar-refractivity contribution is 9.10. The van der Waals surface area contributed by atoms with Crippen LogP contribution in [0.2, 0.25) is 10.0 Å². The second-order valence-electron chi connectivity index (χ2n) is 6.54. The summed E-state index contributed by atoms with van der Waals surface area (Å²) in [6.45, 7) is 2.36. The van der Waals surface area contributed by atoms with Crippen molar-refractivity contribution < 1.29 is 4.79 Å². The van der Waals surface area contributed by atoms with E-state index in [4.69, 9.17) is 28.2 Å². The fourth-order valence-corrected chi connectivity index (χ4v) is 4.88. The molecule has 7 heteroatoms. The number of nitrogens with zero attached hydrogens (tertiary/aromatic N) is 2. The van der Waals surface area contributed by atoms with E-state index in [-0.39, 0.29) is 5.91 Å². The molecule has 4 aromatic rings. The average molecular weight is 506 g/mol. The Balaban J connectivity index is 1.84. The van der Waals surface area contributed by atoms with Crippen LogP contribution in [-0.4, -0.2) is 10.9 Å². The lowest BCUT2D eigenvalue weighted by Crippen LogP contribution is -2.30. The smallest absolute Gasteiger partial charge is 0.261 e. The normalized spacial score (nSPS) is 11.0. The Morgan fingerprint density at radius 3 is 2.52 bits per heavy atom. The molecule has 0 aliphatic heterocycles. The number of anilines is 1. The van der Waals surface area contributed by atoms with Gasteiger partial charge in [-0.15, -0.1) is 0 Å². The Hall–Kier alpha value is -1.92. The first kappa shape index (κ1) is 20.4. The van der Waals surface area contributed by atoms with Gasteiger partial charge in [-0.3, -0.25) is 9.69 Å². The number of thiazole rings is 1. The SMILES string of the molecule is Cc1ccc(Cl)c2sc(N(Cc3ccccc3)C(=O)c3cc(Br)ccc3Cl)nc12. The summed E-state index contributed by atoms with van der Waals surface area (Å²) in [5.41, 5.74) is 3.23. The third kappa shape index (κ3) is 4.19. The zero-order chi connectivity index (χ0) is 20.5. The molecular weight excluding hydrogens is 491 g/mol. The molecule has 0 fully saturated rings. The van der Waals surface area contributed by atoms with Gasteiger partial charge in [0, 0.05) is 4.47 Å². The van der Waals surface area contributed by atoms with E-state index < -0.39 is 0 Å². The molecule has 0 aliphatic carbocycles. The van der Waals surface area contributed by atoms with Crippen LogP contribution in [0.1, 0.15) is 21.5 Å². The van der Waals surface area contributed by atoms with Gasteiger partial charge < -0.3 is 0 Å². The quantitative estimate of drug-likeness (QED) is 0.287. The van der Waals surface area contributed by atoms with Gasteiger partial charge in [0.25, 0.3) is 5.91 Å². The van der Waals surface area contributed by atoms with Crippen LogP contribution in [-0.2, 0) is 6.54 Å². The second kappa shape index (κ2) is 8.44. The van der Waals surface area contributed by atoms with E-state index in [9.17, 15) is 4.79 Å². The van der Waals surface area contributed by atoms with Gasteiger partial charge in [-0.2, -0.15) is 0 Å². The minimum atomic E-state index is -0.215. The summed E-state index contributed by atoms with van der Waals surface area (Å²) in [7, 11) is 0. The number of carbonyl (C=O) groups is 1. The van der Waals surface area contributed by atoms with Crippen molar-refractivity contribution in [3.63, 3.8) is 0 Å². The van der Waals surface area contributed by atoms with Crippen LogP contribution in [0.3, 0.4) is 0 Å². The number of benzene rings is 3. The number of halogens is 3. The summed E-state index contributed by atoms with van der Waals surface area (Å²) in [4.78, 5) is 19.9. The minimum Gasteiger partial charge on any atom is -0.279 e. The molecule has 3 nitrogen and oxygen atoms in total. The van der Waals surface area contributed by atoms with E-state index in [2.05, 4.69) is 15.9 Å². The second-order valence-corrected chi connectivity index (χ2v) is 9.25. The fourth-order valence-electron chi connectivity index (χ4n) is 3.01. The van der Waals surface area contributed by atoms with Gasteiger partial charge >= 0.3 is 0 Å². The van der Waals surface area contributed by atoms with Gasteiger partial charge in [0.2, 0.25) is 0 Å². The van der Waals surface area contributed by atoms with Gasteiger partial charge in [0.1, 0.15) is 0 Å². The highest BCUT2D eigenvalue weighted by atomic mass is 79.9. The summed E-state index contributed by atoms with van der Waals surface area (Å²) in [6.07, 6.45) is 0. The molecule has 0 radical (unpaired) electrons. The molecule has 0 N–H and O–H groups in total. The molecule has 1 amide bonds. The zero-order valence-electron chi connectivity index (χ0n) is 15.3. The van der Waals surface area contributed by atoms with Gasteiger partial charge in [-0.05, 0) is 42.3 Å². The number of aromatic nitrogens is 1. The lowest BCUT2D eigenvalue weighted by atomic mass is 10.1. The third-order valence-electron chi connectivity index (χ3n) is 4.50. The number of carbonyl (C=O) groups excluding carboxylic acids is 1. The van der Waals surface area contributed by atoms with E-state index in [1.807, 2.05) is 55.5 Å². The first-order valence-electron chi connectivity index (χ1n) is 8.80. The van der Waals surface area contributed by atoms with Crippen LogP contribution in [0.4, 0.5) is 5.13 Å². The largest absolute Gasteiger partial charge is 0.279 e. The van der Waals surface area contributed by atoms with Crippen molar-refractivity contribution in [3.05, 3.63) is 91.9 Å². The topological polar surface area (TPSA) is 33.2 Å². The highest BCUT2D eigenvalue weighted by Gasteiger charge is 2.24. The first-order valence-corrected chi connectivity index (χ1v) is 11.2. The Bertz CT molecular complexity index is 1170. The molecule has 0 unspecified atom stereocenters. The van der Waals surface area contributed by atoms with E-state index in [1.165, 1.54) is 11.3 Å². The van der Waals surface area contributed by atoms with Gasteiger partial charge in [-0.1, -0.05) is 86.9 Å². The number of amides is 1. The lowest BCUT2D eigenvalue weighted by molar-refractivity contribution is 0.0985. The molecule has 0 atom stereocenters. The zero-order valence-corrected chi connectivity index (χ0v) is 19.2. The van der Waals surface area contributed by atoms with Gasteiger partial charge in [0.05, 0.1) is 32.4 Å². The van der Waals surface area contributed by atoms with Crippen molar-refractivity contribution in [2.45, 2.75) is 13.5 Å². The van der Waals surface area contributed by atoms with E-state index >= 15 is 0 Å². The minimum absolute atomic E-state index is 0.215. The lowest BCUT2D eigenvalue weighted by Gasteiger charge is -2.21. The molecule has 0 aliphatic rings.